The van der Waals surface area contributed by atoms with Gasteiger partial charge in [0, 0.05) is 24.0 Å². The molecule has 1 aliphatic rings. The molecule has 3 aromatic rings. The molecule has 15 heteroatoms. The van der Waals surface area contributed by atoms with Gasteiger partial charge in [-0.3, -0.25) is 9.52 Å². The Bertz CT molecular complexity index is 1570. The molecule has 3 aromatic heterocycles. The molecule has 2 N–H and O–H groups in total. The van der Waals surface area contributed by atoms with E-state index < -0.39 is 41.1 Å². The maximum absolute atomic E-state index is 13.6. The molecule has 0 aliphatic carbocycles. The lowest BCUT2D eigenvalue weighted by Crippen LogP contribution is -2.45. The number of nitrogens with zero attached hydrogens (tertiary/aromatic N) is 4. The highest BCUT2D eigenvalue weighted by molar-refractivity contribution is 9.10. The number of carbonyl (C=O) groups is 2. The Kier molecular flexibility index (Phi) is 11.1. The maximum Gasteiger partial charge on any atom is 0.433 e. The van der Waals surface area contributed by atoms with Crippen molar-refractivity contribution >= 4 is 57.3 Å². The minimum Gasteiger partial charge on any atom is -0.444 e. The van der Waals surface area contributed by atoms with Crippen molar-refractivity contribution in [2.24, 2.45) is 5.92 Å². The van der Waals surface area contributed by atoms with Crippen molar-refractivity contribution in [2.45, 2.75) is 82.3 Å². The number of rotatable bonds is 9. The third kappa shape index (κ3) is 9.71. The van der Waals surface area contributed by atoms with Gasteiger partial charge in [-0.25, -0.2) is 19.7 Å². The Morgan fingerprint density at radius 1 is 1.11 bits per heavy atom. The van der Waals surface area contributed by atoms with Gasteiger partial charge in [0.15, 0.2) is 0 Å². The molecular formula is C31H35BrClF3N6O3S. The van der Waals surface area contributed by atoms with E-state index in [1.54, 1.807) is 35.2 Å². The SMILES string of the molecule is CC(C)(C)OC(=O)N1CC(CCC(Nc2cccc(SNC(=O)c3ccc(Br)nc3Cl)n2)c2cccc(C(F)(F)F)n2)CC1(C)C. The fourth-order valence-electron chi connectivity index (χ4n) is 5.18. The Labute approximate surface area is 283 Å². The monoisotopic (exact) mass is 742 g/mol. The fourth-order valence-corrected chi connectivity index (χ4v) is 6.43. The van der Waals surface area contributed by atoms with Crippen molar-refractivity contribution in [2.75, 3.05) is 11.9 Å². The second-order valence-corrected chi connectivity index (χ2v) is 14.6. The van der Waals surface area contributed by atoms with Crippen molar-refractivity contribution in [3.8, 4) is 0 Å². The quantitative estimate of drug-likeness (QED) is 0.166. The van der Waals surface area contributed by atoms with E-state index in [1.807, 2.05) is 34.6 Å². The van der Waals surface area contributed by atoms with E-state index in [9.17, 15) is 22.8 Å². The number of alkyl halides is 3. The molecule has 1 aliphatic heterocycles. The van der Waals surface area contributed by atoms with Gasteiger partial charge in [0.1, 0.15) is 31.9 Å². The van der Waals surface area contributed by atoms with Crippen LogP contribution in [0, 0.1) is 5.92 Å². The molecule has 2 atom stereocenters. The number of anilines is 1. The summed E-state index contributed by atoms with van der Waals surface area (Å²) >= 11 is 10.2. The number of halogens is 5. The third-order valence-corrected chi connectivity index (χ3v) is 8.66. The molecule has 4 rings (SSSR count). The smallest absolute Gasteiger partial charge is 0.433 e. The van der Waals surface area contributed by atoms with Crippen molar-refractivity contribution < 1.29 is 27.5 Å². The summed E-state index contributed by atoms with van der Waals surface area (Å²) in [4.78, 5) is 39.8. The lowest BCUT2D eigenvalue weighted by Gasteiger charge is -2.33. The molecule has 9 nitrogen and oxygen atoms in total. The van der Waals surface area contributed by atoms with Crippen LogP contribution in [0.4, 0.5) is 23.8 Å². The van der Waals surface area contributed by atoms with Gasteiger partial charge in [-0.2, -0.15) is 13.2 Å². The number of amides is 2. The number of pyridine rings is 3. The van der Waals surface area contributed by atoms with Crippen LogP contribution in [0.5, 0.6) is 0 Å². The van der Waals surface area contributed by atoms with E-state index in [4.69, 9.17) is 16.3 Å². The second-order valence-electron chi connectivity index (χ2n) is 12.6. The van der Waals surface area contributed by atoms with Crippen LogP contribution in [0.15, 0.2) is 58.2 Å². The first-order valence-electron chi connectivity index (χ1n) is 14.5. The molecule has 4 heterocycles. The topological polar surface area (TPSA) is 109 Å². The number of carbonyl (C=O) groups excluding carboxylic acids is 2. The Morgan fingerprint density at radius 2 is 1.83 bits per heavy atom. The average molecular weight is 744 g/mol. The van der Waals surface area contributed by atoms with Gasteiger partial charge < -0.3 is 15.0 Å². The van der Waals surface area contributed by atoms with Crippen LogP contribution in [-0.2, 0) is 10.9 Å². The number of aromatic nitrogens is 3. The van der Waals surface area contributed by atoms with Crippen LogP contribution in [0.25, 0.3) is 0 Å². The summed E-state index contributed by atoms with van der Waals surface area (Å²) in [5.74, 6) is -0.00217. The highest BCUT2D eigenvalue weighted by Gasteiger charge is 2.43. The second kappa shape index (κ2) is 14.3. The van der Waals surface area contributed by atoms with Gasteiger partial charge in [-0.1, -0.05) is 23.7 Å². The van der Waals surface area contributed by atoms with Crippen molar-refractivity contribution in [3.63, 3.8) is 0 Å². The zero-order chi connectivity index (χ0) is 33.9. The van der Waals surface area contributed by atoms with Crippen LogP contribution in [0.2, 0.25) is 5.15 Å². The van der Waals surface area contributed by atoms with Gasteiger partial charge in [0.05, 0.1) is 17.3 Å². The Morgan fingerprint density at radius 3 is 2.50 bits per heavy atom. The van der Waals surface area contributed by atoms with Crippen molar-refractivity contribution in [1.82, 2.24) is 24.6 Å². The summed E-state index contributed by atoms with van der Waals surface area (Å²) in [7, 11) is 0. The van der Waals surface area contributed by atoms with E-state index >= 15 is 0 Å². The molecule has 2 amide bonds. The summed E-state index contributed by atoms with van der Waals surface area (Å²) in [5, 5.41) is 3.72. The predicted molar refractivity (Wildman–Crippen MR) is 174 cm³/mol. The van der Waals surface area contributed by atoms with Crippen molar-refractivity contribution in [3.05, 3.63) is 75.2 Å². The van der Waals surface area contributed by atoms with E-state index in [-0.39, 0.29) is 22.3 Å². The third-order valence-electron chi connectivity index (χ3n) is 7.21. The first-order valence-corrected chi connectivity index (χ1v) is 16.5. The molecule has 0 aromatic carbocycles. The zero-order valence-corrected chi connectivity index (χ0v) is 29.1. The fraction of sp³-hybridized carbons (Fsp3) is 0.452. The standard InChI is InChI=1S/C31H35BrClF3N6O3S/c1-29(2,3)45-28(44)42-17-18(16-30(42,4)5)12-14-21(20-8-6-9-22(37-20)31(34,35)36)38-24-10-7-11-25(40-24)46-41-27(43)19-13-15-23(32)39-26(19)33/h6-11,13,15,18,21H,12,14,16-17H2,1-5H3,(H,38,40)(H,41,43). The molecule has 0 spiro atoms. The molecule has 248 valence electrons. The Balaban J connectivity index is 1.50. The average Bonchev–Trinajstić information content (AvgIpc) is 3.27. The van der Waals surface area contributed by atoms with Crippen LogP contribution < -0.4 is 10.0 Å². The van der Waals surface area contributed by atoms with E-state index in [2.05, 4.69) is 40.9 Å². The number of likely N-dealkylation sites (tertiary alicyclic amines) is 1. The van der Waals surface area contributed by atoms with Gasteiger partial charge in [0.25, 0.3) is 5.91 Å². The summed E-state index contributed by atoms with van der Waals surface area (Å²) in [5.41, 5.74) is -1.68. The molecule has 0 saturated carbocycles. The first kappa shape index (κ1) is 35.7. The lowest BCUT2D eigenvalue weighted by molar-refractivity contribution is -0.141. The van der Waals surface area contributed by atoms with Gasteiger partial charge in [0.2, 0.25) is 0 Å². The van der Waals surface area contributed by atoms with Crippen LogP contribution in [-0.4, -0.2) is 49.5 Å². The first-order chi connectivity index (χ1) is 21.4. The zero-order valence-electron chi connectivity index (χ0n) is 25.9. The van der Waals surface area contributed by atoms with E-state index in [1.165, 1.54) is 12.1 Å². The highest BCUT2D eigenvalue weighted by Crippen LogP contribution is 2.38. The minimum atomic E-state index is -4.61. The van der Waals surface area contributed by atoms with Gasteiger partial charge >= 0.3 is 12.3 Å². The number of hydrogen-bond acceptors (Lipinski definition) is 8. The molecule has 2 unspecified atom stereocenters. The van der Waals surface area contributed by atoms with Gasteiger partial charge in [-0.15, -0.1) is 0 Å². The number of nitrogens with one attached hydrogen (secondary N) is 2. The normalized spacial score (nSPS) is 17.0. The summed E-state index contributed by atoms with van der Waals surface area (Å²) in [6.45, 7) is 9.87. The van der Waals surface area contributed by atoms with Crippen molar-refractivity contribution in [1.29, 1.82) is 0 Å². The predicted octanol–water partition coefficient (Wildman–Crippen LogP) is 8.71. The molecule has 0 bridgehead atoms. The number of ether oxygens (including phenoxy) is 1. The molecule has 46 heavy (non-hydrogen) atoms. The summed E-state index contributed by atoms with van der Waals surface area (Å²) in [6, 6.07) is 11.4. The van der Waals surface area contributed by atoms with Crippen LogP contribution in [0.3, 0.4) is 0 Å². The summed E-state index contributed by atoms with van der Waals surface area (Å²) < 4.78 is 49.5. The van der Waals surface area contributed by atoms with E-state index in [0.29, 0.717) is 41.3 Å². The highest BCUT2D eigenvalue weighted by atomic mass is 79.9. The molecule has 0 radical (unpaired) electrons. The van der Waals surface area contributed by atoms with E-state index in [0.717, 1.165) is 18.0 Å². The molecular weight excluding hydrogens is 709 g/mol. The molecule has 1 saturated heterocycles. The minimum absolute atomic E-state index is 0.0344. The number of hydrogen-bond donors (Lipinski definition) is 2. The molecule has 1 fully saturated rings. The van der Waals surface area contributed by atoms with Gasteiger partial charge in [-0.05, 0) is 112 Å². The summed E-state index contributed by atoms with van der Waals surface area (Å²) in [6.07, 6.45) is -3.27. The van der Waals surface area contributed by atoms with Crippen LogP contribution >= 0.6 is 39.5 Å². The largest absolute Gasteiger partial charge is 0.444 e. The Hall–Kier alpha value is -3.10. The maximum atomic E-state index is 13.6. The lowest BCUT2D eigenvalue weighted by atomic mass is 9.91. The van der Waals surface area contributed by atoms with Crippen LogP contribution in [0.1, 0.15) is 81.7 Å².